The summed E-state index contributed by atoms with van der Waals surface area (Å²) in [6.45, 7) is 15.5. The number of nitrogens with one attached hydrogen (secondary N) is 9. The van der Waals surface area contributed by atoms with Gasteiger partial charge in [0.2, 0.25) is 5.88 Å². The van der Waals surface area contributed by atoms with Crippen molar-refractivity contribution in [2.45, 2.75) is 137 Å². The van der Waals surface area contributed by atoms with Crippen molar-refractivity contribution in [3.63, 3.8) is 0 Å². The molecule has 0 atom stereocenters. The largest absolute Gasteiger partial charge is 0.494 e. The smallest absolute Gasteiger partial charge is 0.263 e. The van der Waals surface area contributed by atoms with E-state index in [0.717, 1.165) is 178 Å². The molecule has 1 saturated carbocycles. The lowest BCUT2D eigenvalue weighted by atomic mass is 9.98. The molecule has 1 aliphatic carbocycles. The summed E-state index contributed by atoms with van der Waals surface area (Å²) < 4.78 is 35.4. The van der Waals surface area contributed by atoms with Gasteiger partial charge < -0.3 is 105 Å². The number of hydrogen-bond donors (Lipinski definition) is 14. The maximum absolute atomic E-state index is 13.1. The fourth-order valence-corrected chi connectivity index (χ4v) is 16.4. The lowest BCUT2D eigenvalue weighted by Gasteiger charge is -2.24. The van der Waals surface area contributed by atoms with Gasteiger partial charge in [0.1, 0.15) is 85.6 Å². The molecule has 46 nitrogen and oxygen atoms in total. The monoisotopic (exact) mass is 1830 g/mol. The molecule has 0 radical (unpaired) electrons. The number of fused-ring (bicyclic) bond motifs is 10. The van der Waals surface area contributed by atoms with E-state index in [4.69, 9.17) is 52.4 Å². The van der Waals surface area contributed by atoms with E-state index < -0.39 is 23.6 Å². The van der Waals surface area contributed by atoms with Gasteiger partial charge in [0.15, 0.2) is 57.3 Å². The van der Waals surface area contributed by atoms with Crippen molar-refractivity contribution in [3.05, 3.63) is 200 Å². The number of carbonyl (C=O) groups excluding carboxylic acids is 5. The van der Waals surface area contributed by atoms with Gasteiger partial charge in [0.05, 0.1) is 93.0 Å². The van der Waals surface area contributed by atoms with Crippen LogP contribution in [0.1, 0.15) is 165 Å². The Morgan fingerprint density at radius 1 is 0.415 bits per heavy atom. The zero-order valence-electron chi connectivity index (χ0n) is 75.4. The molecule has 135 heavy (non-hydrogen) atoms. The fourth-order valence-electron chi connectivity index (χ4n) is 16.4. The van der Waals surface area contributed by atoms with Gasteiger partial charge in [-0.15, -0.1) is 25.5 Å². The van der Waals surface area contributed by atoms with Gasteiger partial charge in [-0.3, -0.25) is 43.9 Å². The van der Waals surface area contributed by atoms with Crippen LogP contribution in [-0.4, -0.2) is 211 Å². The SMILES string of the molecule is CC(C)Oc1ncncc1NC(=O)c1c(N)nn2cc3c(nc12)CCNC3.COc1cc(C)ncc1NC(=O)c1c(N)nn2cc3c(nc12)CCN(C)C3.COc1cc(C)ncc1NC(=O)c1c(N)nn2cc3c(nc12)CCNC3.COc1ccncc1NC(=O)c1c(N)nn2cc3c(nc12)CCNC3.Nc1nn2cc3c(nc2c1C(=O)Nc1cnccc1OC1CCCCC1)CCNC3. The number of aryl methyl sites for hydroxylation is 2. The average molecular weight is 1840 g/mol. The van der Waals surface area contributed by atoms with Gasteiger partial charge in [-0.2, -0.15) is 4.98 Å². The number of nitrogens with zero attached hydrogens (tertiary/aromatic N) is 22. The molecule has 5 amide bonds. The average Bonchev–Trinajstić information content (AvgIpc) is 1.62. The Labute approximate surface area is 770 Å². The normalized spacial score (nSPS) is 14.4. The number of rotatable bonds is 17. The number of nitrogen functional groups attached to an aromatic ring is 5. The topological polar surface area (TPSA) is 601 Å². The van der Waals surface area contributed by atoms with Crippen LogP contribution in [0, 0.1) is 13.8 Å². The molecule has 5 aliphatic heterocycles. The Hall–Kier alpha value is -16.1. The summed E-state index contributed by atoms with van der Waals surface area (Å²) in [6, 6.07) is 6.94. The van der Waals surface area contributed by atoms with Gasteiger partial charge in [0.25, 0.3) is 29.5 Å². The van der Waals surface area contributed by atoms with Crippen molar-refractivity contribution in [2.75, 3.05) is 116 Å². The minimum absolute atomic E-state index is 0.0978. The van der Waals surface area contributed by atoms with E-state index >= 15 is 0 Å². The molecular weight excluding hydrogens is 1730 g/mol. The molecule has 0 spiro atoms. The van der Waals surface area contributed by atoms with Crippen LogP contribution in [0.2, 0.25) is 0 Å². The number of methoxy groups -OCH3 is 3. The Bertz CT molecular complexity index is 7040. The molecule has 46 heteroatoms. The summed E-state index contributed by atoms with van der Waals surface area (Å²) in [5.41, 5.74) is 47.6. The van der Waals surface area contributed by atoms with Crippen molar-refractivity contribution in [1.82, 2.24) is 129 Å². The van der Waals surface area contributed by atoms with Gasteiger partial charge >= 0.3 is 0 Å². The van der Waals surface area contributed by atoms with Crippen LogP contribution in [0.4, 0.5) is 57.5 Å². The van der Waals surface area contributed by atoms with Crippen LogP contribution in [0.25, 0.3) is 28.2 Å². The Balaban J connectivity index is 0.000000117. The summed E-state index contributed by atoms with van der Waals surface area (Å²) in [5, 5.41) is 48.4. The van der Waals surface area contributed by atoms with Crippen molar-refractivity contribution in [1.29, 1.82) is 0 Å². The molecule has 0 bridgehead atoms. The number of anilines is 10. The van der Waals surface area contributed by atoms with Gasteiger partial charge in [-0.05, 0) is 60.4 Å². The molecule has 21 rings (SSSR count). The molecule has 698 valence electrons. The first-order valence-electron chi connectivity index (χ1n) is 43.9. The standard InChI is InChI=1S/C21H25N7O2.C18H21N7O2.C17H20N8O2.C17H19N7O2.C16H17N7O2/c22-19-18(20-25-15-6-8-23-10-13(15)12-28(20)27-19)21(29)26-16-11-24-9-7-17(16)30-14-4-2-1-3-5-14;1-10-6-14(27-3)13(7-20-10)22-18(26)15-16(19)23-25-9-11-8-24(2)5-4-12(11)21-17(15)25;1-9(2)27-17-12(6-20-8-21-17)23-16(26)13-14(18)24-25-7-10-5-19-4-3-11(10)22-15(13)25;1-9-5-13(26-2)12(7-20-9)22-17(25)14-15(18)23-24-8-10-6-19-4-3-11(10)21-16(14)24;1-25-12-3-5-19-7-11(12)21-16(24)13-14(17)22-23-8-9-6-18-4-2-10(9)20-15(13)23/h7,9,11-12,14,23H,1-6,8,10H2,(H2,22,27)(H,26,29);6-7,9H,4-5,8H2,1-3H3,(H2,19,23)(H,22,26);6-9,19H,3-5H2,1-2H3,(H2,18,24)(H,23,26);5,7-8,19H,3-4,6H2,1-2H3,(H2,18,23)(H,22,25);3,5,7-8,18H,2,4,6H2,1H3,(H2,17,22)(H,21,24). The number of nitrogens with two attached hydrogens (primary N) is 5. The minimum atomic E-state index is -0.438. The third kappa shape index (κ3) is 19.9. The van der Waals surface area contributed by atoms with Crippen LogP contribution in [-0.2, 0) is 64.8 Å². The summed E-state index contributed by atoms with van der Waals surface area (Å²) in [7, 11) is 6.66. The summed E-state index contributed by atoms with van der Waals surface area (Å²) in [5.74, 6) is 1.12. The van der Waals surface area contributed by atoms with Gasteiger partial charge in [-0.25, -0.2) is 52.5 Å². The highest BCUT2D eigenvalue weighted by Gasteiger charge is 2.32. The summed E-state index contributed by atoms with van der Waals surface area (Å²) >= 11 is 0. The molecule has 0 saturated heterocycles. The number of amides is 5. The minimum Gasteiger partial charge on any atom is -0.494 e. The van der Waals surface area contributed by atoms with Crippen LogP contribution in [0.3, 0.4) is 0 Å². The van der Waals surface area contributed by atoms with Crippen LogP contribution >= 0.6 is 0 Å². The van der Waals surface area contributed by atoms with Crippen LogP contribution in [0.5, 0.6) is 28.9 Å². The Morgan fingerprint density at radius 2 is 0.748 bits per heavy atom. The Morgan fingerprint density at radius 3 is 1.12 bits per heavy atom. The van der Waals surface area contributed by atoms with Crippen LogP contribution < -0.4 is 100 Å². The zero-order chi connectivity index (χ0) is 94.2. The van der Waals surface area contributed by atoms with E-state index in [1.807, 2.05) is 58.7 Å². The first-order valence-corrected chi connectivity index (χ1v) is 43.9. The first-order chi connectivity index (χ1) is 65.4. The van der Waals surface area contributed by atoms with E-state index in [1.165, 1.54) is 52.2 Å². The highest BCUT2D eigenvalue weighted by atomic mass is 16.5. The predicted molar refractivity (Wildman–Crippen MR) is 500 cm³/mol. The third-order valence-corrected chi connectivity index (χ3v) is 23.1. The predicted octanol–water partition coefficient (Wildman–Crippen LogP) is 5.90. The number of pyridine rings is 4. The maximum atomic E-state index is 13.1. The molecule has 20 heterocycles. The zero-order valence-corrected chi connectivity index (χ0v) is 75.4. The van der Waals surface area contributed by atoms with E-state index in [2.05, 4.69) is 140 Å². The van der Waals surface area contributed by atoms with E-state index in [0.29, 0.717) is 85.6 Å². The fraction of sp³-hybridized carbons (Fsp3) is 0.337. The number of likely N-dealkylation sites (N-methyl/N-ethyl adjacent to an activating group) is 1. The molecule has 19 N–H and O–H groups in total. The highest BCUT2D eigenvalue weighted by Crippen LogP contribution is 2.35. The third-order valence-electron chi connectivity index (χ3n) is 23.1. The van der Waals surface area contributed by atoms with Crippen molar-refractivity contribution >= 4 is 115 Å². The number of aromatic nitrogens is 21. The van der Waals surface area contributed by atoms with Crippen molar-refractivity contribution < 1.29 is 47.7 Å². The van der Waals surface area contributed by atoms with Crippen molar-refractivity contribution in [2.24, 2.45) is 0 Å². The van der Waals surface area contributed by atoms with Gasteiger partial charge in [0, 0.05) is 204 Å². The number of carbonyl (C=O) groups is 5. The van der Waals surface area contributed by atoms with Gasteiger partial charge in [-0.1, -0.05) is 6.42 Å². The molecule has 15 aromatic rings. The molecule has 6 aliphatic rings. The van der Waals surface area contributed by atoms with E-state index in [-0.39, 0.29) is 75.0 Å². The molecule has 0 aromatic carbocycles. The molecule has 15 aromatic heterocycles. The molecule has 1 fully saturated rings. The number of hydrogen-bond acceptors (Lipinski definition) is 36. The van der Waals surface area contributed by atoms with Crippen molar-refractivity contribution in [3.8, 4) is 28.9 Å². The van der Waals surface area contributed by atoms with E-state index in [1.54, 1.807) is 84.9 Å². The summed E-state index contributed by atoms with van der Waals surface area (Å²) in [6.07, 6.45) is 31.4. The number of ether oxygens (including phenoxy) is 5. The highest BCUT2D eigenvalue weighted by molar-refractivity contribution is 6.15. The summed E-state index contributed by atoms with van der Waals surface area (Å²) in [4.78, 5) is 115. The second kappa shape index (κ2) is 39.9. The quantitative estimate of drug-likeness (QED) is 0.0504. The maximum Gasteiger partial charge on any atom is 0.263 e. The second-order valence-electron chi connectivity index (χ2n) is 33.0. The lowest BCUT2D eigenvalue weighted by molar-refractivity contribution is 0.101. The molecule has 0 unspecified atom stereocenters. The second-order valence-corrected chi connectivity index (χ2v) is 33.0. The first kappa shape index (κ1) is 90.8. The Kier molecular flexibility index (Phi) is 26.9. The molecular formula is C89H102N36O10. The van der Waals surface area contributed by atoms with Crippen LogP contribution in [0.15, 0.2) is 105 Å². The van der Waals surface area contributed by atoms with E-state index in [9.17, 15) is 24.0 Å². The lowest BCUT2D eigenvalue weighted by Crippen LogP contribution is -2.28.